The summed E-state index contributed by atoms with van der Waals surface area (Å²) in [5.74, 6) is 0.0408. The summed E-state index contributed by atoms with van der Waals surface area (Å²) in [4.78, 5) is 22.7. The van der Waals surface area contributed by atoms with Gasteiger partial charge in [-0.3, -0.25) is 9.59 Å². The first kappa shape index (κ1) is 10.9. The Morgan fingerprint density at radius 1 is 1.56 bits per heavy atom. The van der Waals surface area contributed by atoms with Crippen molar-refractivity contribution < 1.29 is 9.53 Å². The lowest BCUT2D eigenvalue weighted by Crippen LogP contribution is -2.27. The van der Waals surface area contributed by atoms with Gasteiger partial charge in [0.1, 0.15) is 6.54 Å². The molecule has 5 nitrogen and oxygen atoms in total. The van der Waals surface area contributed by atoms with Gasteiger partial charge in [-0.15, -0.1) is 0 Å². The Balaban J connectivity index is 2.15. The van der Waals surface area contributed by atoms with Gasteiger partial charge in [-0.2, -0.15) is 5.10 Å². The molecule has 0 atom stereocenters. The molecule has 1 aromatic heterocycles. The maximum absolute atomic E-state index is 11.4. The highest BCUT2D eigenvalue weighted by Gasteiger charge is 2.25. The first-order valence-corrected chi connectivity index (χ1v) is 5.44. The van der Waals surface area contributed by atoms with Gasteiger partial charge >= 0.3 is 5.97 Å². The van der Waals surface area contributed by atoms with Crippen molar-refractivity contribution in [1.82, 2.24) is 9.78 Å². The third-order valence-corrected chi connectivity index (χ3v) is 2.47. The van der Waals surface area contributed by atoms with E-state index >= 15 is 0 Å². The highest BCUT2D eigenvalue weighted by Crippen LogP contribution is 2.38. The predicted molar refractivity (Wildman–Crippen MR) is 57.1 cm³/mol. The minimum absolute atomic E-state index is 0.104. The smallest absolute Gasteiger partial charge is 0.327 e. The molecule has 0 N–H and O–H groups in total. The lowest BCUT2D eigenvalue weighted by atomic mass is 10.3. The van der Waals surface area contributed by atoms with Crippen molar-refractivity contribution >= 4 is 5.97 Å². The van der Waals surface area contributed by atoms with Crippen LogP contribution in [0.15, 0.2) is 16.9 Å². The van der Waals surface area contributed by atoms with Crippen LogP contribution < -0.4 is 5.56 Å². The van der Waals surface area contributed by atoms with E-state index in [4.69, 9.17) is 4.74 Å². The van der Waals surface area contributed by atoms with Gasteiger partial charge < -0.3 is 4.74 Å². The molecule has 1 fully saturated rings. The lowest BCUT2D eigenvalue weighted by Gasteiger charge is -2.05. The number of hydrogen-bond donors (Lipinski definition) is 0. The number of ether oxygens (including phenoxy) is 1. The van der Waals surface area contributed by atoms with Crippen molar-refractivity contribution in [3.8, 4) is 0 Å². The number of hydrogen-bond acceptors (Lipinski definition) is 4. The third-order valence-electron chi connectivity index (χ3n) is 2.47. The van der Waals surface area contributed by atoms with Gasteiger partial charge in [-0.1, -0.05) is 0 Å². The fourth-order valence-electron chi connectivity index (χ4n) is 1.50. The van der Waals surface area contributed by atoms with Gasteiger partial charge in [-0.25, -0.2) is 4.68 Å². The van der Waals surface area contributed by atoms with Crippen molar-refractivity contribution in [2.75, 3.05) is 6.61 Å². The van der Waals surface area contributed by atoms with Crippen LogP contribution in [0.4, 0.5) is 0 Å². The van der Waals surface area contributed by atoms with Crippen LogP contribution in [0.25, 0.3) is 0 Å². The highest BCUT2D eigenvalue weighted by atomic mass is 16.5. The van der Waals surface area contributed by atoms with E-state index in [1.165, 1.54) is 10.7 Å². The Morgan fingerprint density at radius 3 is 2.94 bits per heavy atom. The molecule has 86 valence electrons. The van der Waals surface area contributed by atoms with Crippen LogP contribution in [-0.2, 0) is 16.1 Å². The van der Waals surface area contributed by atoms with E-state index in [9.17, 15) is 9.59 Å². The number of esters is 1. The first-order valence-electron chi connectivity index (χ1n) is 5.44. The Hall–Kier alpha value is -1.65. The molecule has 1 heterocycles. The summed E-state index contributed by atoms with van der Waals surface area (Å²) in [5.41, 5.74) is 0.626. The fraction of sp³-hybridized carbons (Fsp3) is 0.545. The highest BCUT2D eigenvalue weighted by molar-refractivity contribution is 5.68. The summed E-state index contributed by atoms with van der Waals surface area (Å²) in [5, 5.41) is 4.16. The predicted octanol–water partition coefficient (Wildman–Crippen LogP) is 0.684. The summed E-state index contributed by atoms with van der Waals surface area (Å²) < 4.78 is 5.95. The minimum Gasteiger partial charge on any atom is -0.465 e. The minimum atomic E-state index is -0.426. The summed E-state index contributed by atoms with van der Waals surface area (Å²) in [6, 6.07) is 3.20. The maximum atomic E-state index is 11.4. The molecule has 1 aliphatic carbocycles. The molecule has 1 aliphatic rings. The second-order valence-electron chi connectivity index (χ2n) is 3.83. The van der Waals surface area contributed by atoms with E-state index in [0.29, 0.717) is 12.5 Å². The molecule has 0 saturated heterocycles. The Labute approximate surface area is 93.0 Å². The molecule has 1 aromatic rings. The fourth-order valence-corrected chi connectivity index (χ4v) is 1.50. The molecule has 0 bridgehead atoms. The van der Waals surface area contributed by atoms with Crippen molar-refractivity contribution in [3.05, 3.63) is 28.2 Å². The molecule has 5 heteroatoms. The van der Waals surface area contributed by atoms with Crippen molar-refractivity contribution in [2.45, 2.75) is 32.2 Å². The molecule has 2 rings (SSSR count). The molecule has 0 amide bonds. The average Bonchev–Trinajstić information content (AvgIpc) is 3.05. The van der Waals surface area contributed by atoms with Gasteiger partial charge in [0.15, 0.2) is 0 Å². The van der Waals surface area contributed by atoms with Crippen molar-refractivity contribution in [2.24, 2.45) is 0 Å². The van der Waals surface area contributed by atoms with Crippen LogP contribution in [0.1, 0.15) is 31.4 Å². The molecular formula is C11H14N2O3. The summed E-state index contributed by atoms with van der Waals surface area (Å²) in [7, 11) is 0. The van der Waals surface area contributed by atoms with E-state index in [1.807, 2.05) is 0 Å². The second kappa shape index (κ2) is 4.47. The van der Waals surface area contributed by atoms with Crippen molar-refractivity contribution in [3.63, 3.8) is 0 Å². The van der Waals surface area contributed by atoms with Gasteiger partial charge in [0.2, 0.25) is 0 Å². The summed E-state index contributed by atoms with van der Waals surface area (Å²) in [6.45, 7) is 1.94. The number of aromatic nitrogens is 2. The number of nitrogens with zero attached hydrogens (tertiary/aromatic N) is 2. The number of carbonyl (C=O) groups is 1. The topological polar surface area (TPSA) is 61.2 Å². The summed E-state index contributed by atoms with van der Waals surface area (Å²) in [6.07, 6.45) is 2.23. The van der Waals surface area contributed by atoms with E-state index in [1.54, 1.807) is 13.0 Å². The zero-order chi connectivity index (χ0) is 11.5. The number of rotatable bonds is 4. The van der Waals surface area contributed by atoms with Crippen LogP contribution in [-0.4, -0.2) is 22.4 Å². The largest absolute Gasteiger partial charge is 0.465 e. The molecule has 0 unspecified atom stereocenters. The zero-order valence-electron chi connectivity index (χ0n) is 9.18. The molecule has 0 radical (unpaired) electrons. The number of carbonyl (C=O) groups excluding carboxylic acids is 1. The quantitative estimate of drug-likeness (QED) is 0.703. The van der Waals surface area contributed by atoms with E-state index < -0.39 is 5.97 Å². The molecule has 1 saturated carbocycles. The van der Waals surface area contributed by atoms with Crippen LogP contribution >= 0.6 is 0 Å². The van der Waals surface area contributed by atoms with Crippen LogP contribution in [0.5, 0.6) is 0 Å². The Bertz CT molecular complexity index is 449. The molecule has 0 aliphatic heterocycles. The molecule has 0 aromatic carbocycles. The normalized spacial score (nSPS) is 14.8. The average molecular weight is 222 g/mol. The van der Waals surface area contributed by atoms with E-state index in [2.05, 4.69) is 5.10 Å². The SMILES string of the molecule is CCOC(=O)Cn1nc(C2CC2)ccc1=O. The zero-order valence-corrected chi connectivity index (χ0v) is 9.18. The first-order chi connectivity index (χ1) is 7.70. The standard InChI is InChI=1S/C11H14N2O3/c1-2-16-11(15)7-13-10(14)6-5-9(12-13)8-3-4-8/h5-6,8H,2-4,7H2,1H3. The molecule has 16 heavy (non-hydrogen) atoms. The molecule has 0 spiro atoms. The molecular weight excluding hydrogens is 208 g/mol. The Morgan fingerprint density at radius 2 is 2.31 bits per heavy atom. The lowest BCUT2D eigenvalue weighted by molar-refractivity contribution is -0.144. The van der Waals surface area contributed by atoms with E-state index in [-0.39, 0.29) is 12.1 Å². The second-order valence-corrected chi connectivity index (χ2v) is 3.83. The van der Waals surface area contributed by atoms with Crippen LogP contribution in [0.2, 0.25) is 0 Å². The maximum Gasteiger partial charge on any atom is 0.327 e. The van der Waals surface area contributed by atoms with Crippen molar-refractivity contribution in [1.29, 1.82) is 0 Å². The van der Waals surface area contributed by atoms with Gasteiger partial charge in [0.25, 0.3) is 5.56 Å². The van der Waals surface area contributed by atoms with Gasteiger partial charge in [0.05, 0.1) is 12.3 Å². The third kappa shape index (κ3) is 2.48. The van der Waals surface area contributed by atoms with Crippen LogP contribution in [0.3, 0.4) is 0 Å². The van der Waals surface area contributed by atoms with Crippen LogP contribution in [0, 0.1) is 0 Å². The van der Waals surface area contributed by atoms with Gasteiger partial charge in [0, 0.05) is 12.0 Å². The van der Waals surface area contributed by atoms with Gasteiger partial charge in [-0.05, 0) is 25.8 Å². The monoisotopic (exact) mass is 222 g/mol. The summed E-state index contributed by atoms with van der Waals surface area (Å²) >= 11 is 0. The van der Waals surface area contributed by atoms with E-state index in [0.717, 1.165) is 18.5 Å². The Kier molecular flexibility index (Phi) is 3.03.